The normalized spacial score (nSPS) is 19.5. The van der Waals surface area contributed by atoms with E-state index in [4.69, 9.17) is 16.3 Å². The Bertz CT molecular complexity index is 1250. The van der Waals surface area contributed by atoms with Crippen molar-refractivity contribution in [2.45, 2.75) is 50.2 Å². The molecule has 35 heavy (non-hydrogen) atoms. The zero-order valence-corrected chi connectivity index (χ0v) is 22.1. The number of hydrogen-bond acceptors (Lipinski definition) is 5. The van der Waals surface area contributed by atoms with Gasteiger partial charge in [0.05, 0.1) is 16.0 Å². The summed E-state index contributed by atoms with van der Waals surface area (Å²) in [5.74, 6) is 0.375. The molecule has 0 saturated carbocycles. The largest absolute Gasteiger partial charge is 0.490 e. The molecule has 2 aliphatic heterocycles. The number of benzene rings is 2. The first-order valence-corrected chi connectivity index (χ1v) is 13.6. The van der Waals surface area contributed by atoms with Gasteiger partial charge in [-0.1, -0.05) is 17.7 Å². The number of likely N-dealkylation sites (tertiary alicyclic amines) is 1. The highest BCUT2D eigenvalue weighted by Gasteiger charge is 2.49. The van der Waals surface area contributed by atoms with Gasteiger partial charge >= 0.3 is 0 Å². The van der Waals surface area contributed by atoms with Crippen molar-refractivity contribution >= 4 is 38.9 Å². The Morgan fingerprint density at radius 1 is 1.09 bits per heavy atom. The third-order valence-corrected chi connectivity index (χ3v) is 9.98. The number of hydrogen-bond donors (Lipinski definition) is 0. The van der Waals surface area contributed by atoms with Gasteiger partial charge in [-0.25, -0.2) is 8.42 Å². The number of fused-ring (bicyclic) bond motifs is 1. The summed E-state index contributed by atoms with van der Waals surface area (Å²) >= 11 is 6.02. The summed E-state index contributed by atoms with van der Waals surface area (Å²) in [6.45, 7) is 8.40. The maximum absolute atomic E-state index is 14.2. The number of anilines is 1. The zero-order chi connectivity index (χ0) is 25.6. The van der Waals surface area contributed by atoms with Gasteiger partial charge in [-0.05, 0) is 75.6 Å². The molecule has 188 valence electrons. The van der Waals surface area contributed by atoms with Gasteiger partial charge in [-0.2, -0.15) is 0 Å². The number of sulfone groups is 1. The van der Waals surface area contributed by atoms with E-state index in [9.17, 15) is 18.0 Å². The van der Waals surface area contributed by atoms with Crippen molar-refractivity contribution < 1.29 is 22.7 Å². The standard InChI is InChI=1S/C26H31ClN2O5S/c1-5-29-22-11-6-19(16-23(22)34-17-25(3,4)24(29)31)26(12-14-28(15-13-26)18(2)30)35(32,33)21-9-7-20(27)8-10-21/h6-11,16H,5,12-15,17H2,1-4H3. The van der Waals surface area contributed by atoms with Crippen LogP contribution in [0, 0.1) is 5.41 Å². The van der Waals surface area contributed by atoms with Crippen LogP contribution in [0.25, 0.3) is 0 Å². The van der Waals surface area contributed by atoms with Crippen LogP contribution >= 0.6 is 11.6 Å². The smallest absolute Gasteiger partial charge is 0.236 e. The molecule has 2 heterocycles. The lowest BCUT2D eigenvalue weighted by molar-refractivity contribution is -0.130. The maximum Gasteiger partial charge on any atom is 0.236 e. The average molecular weight is 519 g/mol. The molecule has 0 bridgehead atoms. The monoisotopic (exact) mass is 518 g/mol. The number of halogens is 1. The quantitative estimate of drug-likeness (QED) is 0.598. The predicted molar refractivity (Wildman–Crippen MR) is 136 cm³/mol. The van der Waals surface area contributed by atoms with Gasteiger partial charge in [-0.3, -0.25) is 9.59 Å². The van der Waals surface area contributed by atoms with Crippen molar-refractivity contribution in [1.29, 1.82) is 0 Å². The first-order valence-electron chi connectivity index (χ1n) is 11.8. The van der Waals surface area contributed by atoms with Gasteiger partial charge in [-0.15, -0.1) is 0 Å². The van der Waals surface area contributed by atoms with Crippen LogP contribution in [0.1, 0.15) is 46.1 Å². The van der Waals surface area contributed by atoms with E-state index in [0.717, 1.165) is 0 Å². The molecule has 1 saturated heterocycles. The van der Waals surface area contributed by atoms with Crippen LogP contribution in [0.2, 0.25) is 5.02 Å². The van der Waals surface area contributed by atoms with Crippen LogP contribution in [-0.4, -0.2) is 51.4 Å². The third-order valence-electron chi connectivity index (χ3n) is 7.16. The Balaban J connectivity index is 1.86. The highest BCUT2D eigenvalue weighted by atomic mass is 35.5. The van der Waals surface area contributed by atoms with E-state index in [1.807, 2.05) is 20.8 Å². The summed E-state index contributed by atoms with van der Waals surface area (Å²) < 4.78 is 33.2. The minimum atomic E-state index is -3.86. The Labute approximate surface area is 211 Å². The van der Waals surface area contributed by atoms with Crippen LogP contribution in [0.4, 0.5) is 5.69 Å². The van der Waals surface area contributed by atoms with Crippen molar-refractivity contribution in [2.75, 3.05) is 31.1 Å². The van der Waals surface area contributed by atoms with Gasteiger partial charge in [0, 0.05) is 31.6 Å². The Hall–Kier alpha value is -2.58. The minimum absolute atomic E-state index is 0.0373. The van der Waals surface area contributed by atoms with Crippen molar-refractivity contribution in [3.05, 3.63) is 53.1 Å². The molecule has 2 aromatic carbocycles. The van der Waals surface area contributed by atoms with E-state index in [0.29, 0.717) is 41.7 Å². The van der Waals surface area contributed by atoms with Crippen LogP contribution in [0.15, 0.2) is 47.4 Å². The molecule has 1 fully saturated rings. The Kier molecular flexibility index (Phi) is 6.66. The van der Waals surface area contributed by atoms with Crippen molar-refractivity contribution in [3.8, 4) is 5.75 Å². The molecule has 7 nitrogen and oxygen atoms in total. The topological polar surface area (TPSA) is 84.0 Å². The van der Waals surface area contributed by atoms with Crippen LogP contribution < -0.4 is 9.64 Å². The van der Waals surface area contributed by atoms with Crippen LogP contribution in [-0.2, 0) is 24.2 Å². The first kappa shape index (κ1) is 25.5. The molecule has 0 radical (unpaired) electrons. The fourth-order valence-corrected chi connectivity index (χ4v) is 7.21. The Morgan fingerprint density at radius 2 is 1.71 bits per heavy atom. The fraction of sp³-hybridized carbons (Fsp3) is 0.462. The van der Waals surface area contributed by atoms with E-state index in [2.05, 4.69) is 0 Å². The van der Waals surface area contributed by atoms with Gasteiger partial charge in [0.15, 0.2) is 9.84 Å². The average Bonchev–Trinajstić information content (AvgIpc) is 2.92. The lowest BCUT2D eigenvalue weighted by Gasteiger charge is -2.41. The molecule has 0 unspecified atom stereocenters. The van der Waals surface area contributed by atoms with E-state index in [1.54, 1.807) is 40.1 Å². The lowest BCUT2D eigenvalue weighted by atomic mass is 9.87. The molecule has 0 atom stereocenters. The SMILES string of the molecule is CCN1C(=O)C(C)(C)COc2cc(C3(S(=O)(=O)c4ccc(Cl)cc4)CCN(C(C)=O)CC3)ccc21. The molecule has 2 aliphatic rings. The van der Waals surface area contributed by atoms with E-state index in [1.165, 1.54) is 19.1 Å². The highest BCUT2D eigenvalue weighted by Crippen LogP contribution is 2.47. The van der Waals surface area contributed by atoms with E-state index >= 15 is 0 Å². The van der Waals surface area contributed by atoms with Crippen molar-refractivity contribution in [3.63, 3.8) is 0 Å². The third kappa shape index (κ3) is 4.31. The van der Waals surface area contributed by atoms with Crippen molar-refractivity contribution in [2.24, 2.45) is 5.41 Å². The number of carbonyl (C=O) groups is 2. The number of nitrogens with zero attached hydrogens (tertiary/aromatic N) is 2. The second kappa shape index (κ2) is 9.13. The second-order valence-electron chi connectivity index (χ2n) is 9.86. The molecule has 4 rings (SSSR count). The van der Waals surface area contributed by atoms with Gasteiger partial charge < -0.3 is 14.5 Å². The summed E-state index contributed by atoms with van der Waals surface area (Å²) in [4.78, 5) is 28.6. The fourth-order valence-electron chi connectivity index (χ4n) is 4.98. The maximum atomic E-state index is 14.2. The molecule has 2 amide bonds. The molecular weight excluding hydrogens is 488 g/mol. The zero-order valence-electron chi connectivity index (χ0n) is 20.5. The number of piperidine rings is 1. The van der Waals surface area contributed by atoms with E-state index in [-0.39, 0.29) is 36.2 Å². The number of carbonyl (C=O) groups excluding carboxylic acids is 2. The summed E-state index contributed by atoms with van der Waals surface area (Å²) in [6.07, 6.45) is 0.497. The molecule has 9 heteroatoms. The van der Waals surface area contributed by atoms with E-state index < -0.39 is 20.0 Å². The highest BCUT2D eigenvalue weighted by molar-refractivity contribution is 7.92. The van der Waals surface area contributed by atoms with Crippen LogP contribution in [0.5, 0.6) is 5.75 Å². The Morgan fingerprint density at radius 3 is 2.29 bits per heavy atom. The summed E-state index contributed by atoms with van der Waals surface area (Å²) in [5.41, 5.74) is 0.513. The summed E-state index contributed by atoms with van der Waals surface area (Å²) in [6, 6.07) is 11.5. The lowest BCUT2D eigenvalue weighted by Crippen LogP contribution is -2.48. The molecule has 2 aromatic rings. The molecule has 0 spiro atoms. The first-order chi connectivity index (χ1) is 16.4. The summed E-state index contributed by atoms with van der Waals surface area (Å²) in [5, 5.41) is 0.453. The minimum Gasteiger partial charge on any atom is -0.490 e. The number of ether oxygens (including phenoxy) is 1. The summed E-state index contributed by atoms with van der Waals surface area (Å²) in [7, 11) is -3.86. The second-order valence-corrected chi connectivity index (χ2v) is 12.6. The van der Waals surface area contributed by atoms with Crippen LogP contribution in [0.3, 0.4) is 0 Å². The van der Waals surface area contributed by atoms with Gasteiger partial charge in [0.1, 0.15) is 17.1 Å². The molecule has 0 N–H and O–H groups in total. The number of amides is 2. The van der Waals surface area contributed by atoms with Crippen molar-refractivity contribution in [1.82, 2.24) is 4.90 Å². The predicted octanol–water partition coefficient (Wildman–Crippen LogP) is 4.42. The van der Waals surface area contributed by atoms with Gasteiger partial charge in [0.25, 0.3) is 0 Å². The van der Waals surface area contributed by atoms with Gasteiger partial charge in [0.2, 0.25) is 11.8 Å². The molecular formula is C26H31ClN2O5S. The number of rotatable bonds is 4. The molecule has 0 aliphatic carbocycles. The molecule has 0 aromatic heterocycles.